The molecule has 2 aromatic heterocycles. The zero-order valence-corrected chi connectivity index (χ0v) is 14.5. The maximum Gasteiger partial charge on any atom is 0.352 e. The van der Waals surface area contributed by atoms with Crippen molar-refractivity contribution >= 4 is 42.0 Å². The maximum atomic E-state index is 11.9. The van der Waals surface area contributed by atoms with Gasteiger partial charge in [0.05, 0.1) is 16.7 Å². The summed E-state index contributed by atoms with van der Waals surface area (Å²) in [6.07, 6.45) is 5.23. The van der Waals surface area contributed by atoms with Gasteiger partial charge in [0, 0.05) is 30.9 Å². The zero-order chi connectivity index (χ0) is 17.4. The van der Waals surface area contributed by atoms with Gasteiger partial charge in [0.2, 0.25) is 0 Å². The number of Topliss-reactive ketones (excluding diaryl/α,β-unsaturated/α-hetero) is 1. The van der Waals surface area contributed by atoms with Crippen LogP contribution in [0.15, 0.2) is 36.0 Å². The summed E-state index contributed by atoms with van der Waals surface area (Å²) in [5.41, 5.74) is 8.65. The molecule has 0 unspecified atom stereocenters. The average molecular weight is 373 g/mol. The number of nitrogens with zero attached hydrogens (tertiary/aromatic N) is 2. The molecular weight excluding hydrogens is 356 g/mol. The van der Waals surface area contributed by atoms with Crippen LogP contribution >= 0.6 is 12.4 Å². The Kier molecular flexibility index (Phi) is 5.03. The number of hydrogen-bond acceptors (Lipinski definition) is 5. The van der Waals surface area contributed by atoms with E-state index in [0.717, 1.165) is 16.6 Å². The van der Waals surface area contributed by atoms with Crippen LogP contribution < -0.4 is 21.4 Å². The standard InChI is InChI=1S/C18H16N4O3.ClH/c23-13-4-5-15-11(7-13)8-16(18(24)25)22(15)17(12-9-20-21-10-12)14-3-1-2-6-19-14;/h1-3,5-8,20-21H,4,9-10H2,(H,24,25);1H. The van der Waals surface area contributed by atoms with E-state index in [4.69, 9.17) is 0 Å². The molecule has 0 spiro atoms. The van der Waals surface area contributed by atoms with Gasteiger partial charge in [-0.2, -0.15) is 0 Å². The molecule has 4 rings (SSSR count). The molecule has 26 heavy (non-hydrogen) atoms. The molecule has 134 valence electrons. The summed E-state index contributed by atoms with van der Waals surface area (Å²) in [5, 5.41) is 11.1. The molecule has 0 bridgehead atoms. The molecule has 0 saturated carbocycles. The monoisotopic (exact) mass is 372 g/mol. The first-order valence-corrected chi connectivity index (χ1v) is 7.94. The zero-order valence-electron chi connectivity index (χ0n) is 13.7. The van der Waals surface area contributed by atoms with Gasteiger partial charge < -0.3 is 9.67 Å². The first kappa shape index (κ1) is 18.1. The molecule has 2 aromatic rings. The molecule has 2 aliphatic rings. The van der Waals surface area contributed by atoms with Gasteiger partial charge in [-0.3, -0.25) is 20.6 Å². The van der Waals surface area contributed by atoms with Crippen molar-refractivity contribution in [2.45, 2.75) is 6.42 Å². The maximum absolute atomic E-state index is 11.9. The van der Waals surface area contributed by atoms with Crippen molar-refractivity contribution in [2.24, 2.45) is 0 Å². The third-order valence-electron chi connectivity index (χ3n) is 4.30. The van der Waals surface area contributed by atoms with Crippen LogP contribution in [0, 0.1) is 0 Å². The Labute approximate surface area is 155 Å². The van der Waals surface area contributed by atoms with Crippen molar-refractivity contribution in [1.82, 2.24) is 20.4 Å². The third-order valence-corrected chi connectivity index (χ3v) is 4.30. The molecule has 8 heteroatoms. The number of carboxylic acid groups (broad SMARTS) is 1. The number of hydrazine groups is 1. The van der Waals surface area contributed by atoms with Crippen LogP contribution in [0.1, 0.15) is 22.6 Å². The highest BCUT2D eigenvalue weighted by atomic mass is 35.5. The minimum Gasteiger partial charge on any atom is -0.477 e. The Morgan fingerprint density at radius 3 is 2.65 bits per heavy atom. The lowest BCUT2D eigenvalue weighted by Gasteiger charge is -2.15. The highest BCUT2D eigenvalue weighted by Crippen LogP contribution is 2.20. The van der Waals surface area contributed by atoms with Crippen molar-refractivity contribution in [3.05, 3.63) is 58.0 Å². The van der Waals surface area contributed by atoms with Crippen LogP contribution in [0.5, 0.6) is 0 Å². The van der Waals surface area contributed by atoms with Crippen LogP contribution in [-0.2, 0) is 4.79 Å². The fourth-order valence-electron chi connectivity index (χ4n) is 3.22. The van der Waals surface area contributed by atoms with Crippen LogP contribution in [-0.4, -0.2) is 39.5 Å². The number of fused-ring (bicyclic) bond motifs is 1. The van der Waals surface area contributed by atoms with Gasteiger partial charge in [0.25, 0.3) is 0 Å². The minimum absolute atomic E-state index is 0. The van der Waals surface area contributed by atoms with E-state index in [2.05, 4.69) is 15.8 Å². The van der Waals surface area contributed by atoms with E-state index < -0.39 is 5.97 Å². The van der Waals surface area contributed by atoms with Crippen LogP contribution in [0.25, 0.3) is 17.8 Å². The fraction of sp³-hybridized carbons (Fsp3) is 0.167. The Morgan fingerprint density at radius 2 is 2.00 bits per heavy atom. The summed E-state index contributed by atoms with van der Waals surface area (Å²) in [6.45, 7) is 1.17. The van der Waals surface area contributed by atoms with E-state index in [-0.39, 0.29) is 30.3 Å². The van der Waals surface area contributed by atoms with Gasteiger partial charge in [-0.15, -0.1) is 12.4 Å². The Morgan fingerprint density at radius 1 is 1.23 bits per heavy atom. The van der Waals surface area contributed by atoms with Crippen LogP contribution in [0.3, 0.4) is 0 Å². The van der Waals surface area contributed by atoms with Crippen molar-refractivity contribution in [1.29, 1.82) is 0 Å². The van der Waals surface area contributed by atoms with Gasteiger partial charge in [-0.1, -0.05) is 12.1 Å². The number of carbonyl (C=O) groups is 2. The molecule has 0 amide bonds. The number of aromatic carboxylic acids is 1. The number of nitrogens with one attached hydrogen (secondary N) is 2. The summed E-state index contributed by atoms with van der Waals surface area (Å²) >= 11 is 0. The predicted octanol–water partition coefficient (Wildman–Crippen LogP) is -0.0959. The van der Waals surface area contributed by atoms with Gasteiger partial charge in [-0.05, 0) is 29.8 Å². The van der Waals surface area contributed by atoms with Gasteiger partial charge >= 0.3 is 5.97 Å². The van der Waals surface area contributed by atoms with Crippen molar-refractivity contribution in [3.8, 4) is 0 Å². The Hall–Kier alpha value is -2.74. The van der Waals surface area contributed by atoms with Gasteiger partial charge in [-0.25, -0.2) is 4.79 Å². The number of carboxylic acids is 1. The van der Waals surface area contributed by atoms with E-state index in [1.165, 1.54) is 6.08 Å². The molecule has 1 saturated heterocycles. The lowest BCUT2D eigenvalue weighted by atomic mass is 10.1. The minimum atomic E-state index is -1.04. The number of hydrogen-bond donors (Lipinski definition) is 3. The second-order valence-electron chi connectivity index (χ2n) is 5.90. The first-order chi connectivity index (χ1) is 12.1. The van der Waals surface area contributed by atoms with E-state index in [9.17, 15) is 14.7 Å². The largest absolute Gasteiger partial charge is 0.477 e. The summed E-state index contributed by atoms with van der Waals surface area (Å²) in [5.74, 6) is -1.07. The van der Waals surface area contributed by atoms with Crippen molar-refractivity contribution in [2.75, 3.05) is 13.1 Å². The molecule has 1 aliphatic carbocycles. The normalized spacial score (nSPS) is 15.5. The van der Waals surface area contributed by atoms with Crippen LogP contribution in [0.4, 0.5) is 0 Å². The quantitative estimate of drug-likeness (QED) is 0.696. The van der Waals surface area contributed by atoms with E-state index >= 15 is 0 Å². The van der Waals surface area contributed by atoms with Gasteiger partial charge in [0.1, 0.15) is 5.69 Å². The third kappa shape index (κ3) is 3.08. The molecule has 0 atom stereocenters. The predicted molar refractivity (Wildman–Crippen MR) is 99.0 cm³/mol. The second-order valence-corrected chi connectivity index (χ2v) is 5.90. The molecule has 0 radical (unpaired) electrons. The first-order valence-electron chi connectivity index (χ1n) is 7.94. The summed E-state index contributed by atoms with van der Waals surface area (Å²) < 4.78 is 1.70. The molecular formula is C18H17ClN4O3. The summed E-state index contributed by atoms with van der Waals surface area (Å²) in [7, 11) is 0. The second kappa shape index (κ2) is 7.25. The van der Waals surface area contributed by atoms with Crippen molar-refractivity contribution < 1.29 is 14.7 Å². The summed E-state index contributed by atoms with van der Waals surface area (Å²) in [4.78, 5) is 28.0. The highest BCUT2D eigenvalue weighted by Gasteiger charge is 2.23. The Balaban J connectivity index is 0.00000196. The Bertz CT molecular complexity index is 1020. The lowest BCUT2D eigenvalue weighted by Crippen LogP contribution is -2.34. The van der Waals surface area contributed by atoms with Gasteiger partial charge in [0.15, 0.2) is 5.78 Å². The summed E-state index contributed by atoms with van der Waals surface area (Å²) in [6, 6.07) is 7.09. The molecule has 1 aliphatic heterocycles. The smallest absolute Gasteiger partial charge is 0.352 e. The number of carbonyl (C=O) groups excluding carboxylic acids is 1. The molecule has 3 N–H and O–H groups in total. The van der Waals surface area contributed by atoms with E-state index in [1.54, 1.807) is 22.9 Å². The number of pyridine rings is 1. The molecule has 1 fully saturated rings. The number of rotatable bonds is 3. The number of aromatic nitrogens is 2. The molecule has 7 nitrogen and oxygen atoms in total. The van der Waals surface area contributed by atoms with E-state index in [0.29, 0.717) is 24.0 Å². The van der Waals surface area contributed by atoms with Crippen LogP contribution in [0.2, 0.25) is 0 Å². The number of halogens is 1. The average Bonchev–Trinajstić information content (AvgIpc) is 3.25. The topological polar surface area (TPSA) is 96.2 Å². The van der Waals surface area contributed by atoms with Crippen molar-refractivity contribution in [3.63, 3.8) is 0 Å². The molecule has 3 heterocycles. The van der Waals surface area contributed by atoms with E-state index in [1.807, 2.05) is 18.2 Å². The number of ketones is 1. The highest BCUT2D eigenvalue weighted by molar-refractivity contribution is 6.09. The SMILES string of the molecule is Cl.O=C1C=c2cc(C(=O)O)n(C(=C3CNNC3)c3ccccn3)c2=CC1. The lowest BCUT2D eigenvalue weighted by molar-refractivity contribution is -0.112. The fourth-order valence-corrected chi connectivity index (χ4v) is 3.22. The molecule has 0 aromatic carbocycles.